The van der Waals surface area contributed by atoms with Crippen LogP contribution in [-0.2, 0) is 0 Å². The van der Waals surface area contributed by atoms with E-state index in [1.807, 2.05) is 0 Å². The summed E-state index contributed by atoms with van der Waals surface area (Å²) in [5, 5.41) is 10.1. The molecule has 0 spiro atoms. The van der Waals surface area contributed by atoms with Crippen LogP contribution < -0.4 is 20.8 Å². The second-order valence-electron chi connectivity index (χ2n) is 6.92. The lowest BCUT2D eigenvalue weighted by Gasteiger charge is -2.13. The van der Waals surface area contributed by atoms with Crippen molar-refractivity contribution < 1.29 is 18.3 Å². The minimum Gasteiger partial charge on any atom is -0.494 e. The molecule has 0 atom stereocenters. The predicted molar refractivity (Wildman–Crippen MR) is 127 cm³/mol. The maximum absolute atomic E-state index is 13.5. The fourth-order valence-electron chi connectivity index (χ4n) is 3.03. The van der Waals surface area contributed by atoms with Crippen molar-refractivity contribution in [3.8, 4) is 5.75 Å². The highest BCUT2D eigenvalue weighted by molar-refractivity contribution is 6.31. The number of hydrogen-bond donors (Lipinski definition) is 3. The van der Waals surface area contributed by atoms with E-state index in [-0.39, 0.29) is 10.8 Å². The van der Waals surface area contributed by atoms with Gasteiger partial charge in [-0.25, -0.2) is 29.0 Å². The number of anilines is 3. The summed E-state index contributed by atoms with van der Waals surface area (Å²) in [6.45, 7) is 0. The van der Waals surface area contributed by atoms with Crippen LogP contribution in [0.15, 0.2) is 66.0 Å². The fraction of sp³-hybridized carbons (Fsp3) is 0.0435. The number of nitrogens with one attached hydrogen (secondary N) is 3. The maximum atomic E-state index is 13.5. The molecule has 4 aromatic rings. The van der Waals surface area contributed by atoms with Gasteiger partial charge in [0.15, 0.2) is 0 Å². The molecule has 34 heavy (non-hydrogen) atoms. The van der Waals surface area contributed by atoms with Gasteiger partial charge in [0.05, 0.1) is 29.6 Å². The minimum atomic E-state index is -0.632. The van der Waals surface area contributed by atoms with E-state index in [1.54, 1.807) is 12.1 Å². The van der Waals surface area contributed by atoms with Crippen molar-refractivity contribution in [1.29, 1.82) is 0 Å². The Kier molecular flexibility index (Phi) is 6.79. The molecule has 0 radical (unpaired) electrons. The highest BCUT2D eigenvalue weighted by atomic mass is 35.5. The van der Waals surface area contributed by atoms with Gasteiger partial charge in [0.2, 0.25) is 0 Å². The topological polar surface area (TPSA) is 101 Å². The van der Waals surface area contributed by atoms with Crippen LogP contribution in [0.5, 0.6) is 5.75 Å². The second kappa shape index (κ2) is 10.1. The number of nitrogens with zero attached hydrogens (tertiary/aromatic N) is 3. The van der Waals surface area contributed by atoms with Gasteiger partial charge < -0.3 is 15.4 Å². The first-order valence-electron chi connectivity index (χ1n) is 9.83. The standard InChI is InChI=1S/C23H17ClF2N6O2/c1-34-21-10-19-16(22(28-12-27-19)30-15-6-7-18(26)17(24)8-15)9-20(21)31-23(33)32-29-11-13-2-4-14(25)5-3-13/h2-12H,1H3,(H,27,28,30)(H2,31,32,33)/b29-11+. The van der Waals surface area contributed by atoms with Crippen LogP contribution in [0, 0.1) is 11.6 Å². The summed E-state index contributed by atoms with van der Waals surface area (Å²) in [7, 11) is 1.46. The lowest BCUT2D eigenvalue weighted by molar-refractivity contribution is 0.252. The maximum Gasteiger partial charge on any atom is 0.339 e. The van der Waals surface area contributed by atoms with Gasteiger partial charge in [0.1, 0.15) is 29.5 Å². The lowest BCUT2D eigenvalue weighted by atomic mass is 10.2. The van der Waals surface area contributed by atoms with Crippen LogP contribution in [0.4, 0.5) is 30.8 Å². The first-order valence-corrected chi connectivity index (χ1v) is 10.2. The van der Waals surface area contributed by atoms with E-state index in [4.69, 9.17) is 16.3 Å². The quantitative estimate of drug-likeness (QED) is 0.250. The fourth-order valence-corrected chi connectivity index (χ4v) is 3.21. The van der Waals surface area contributed by atoms with Gasteiger partial charge in [0.25, 0.3) is 0 Å². The van der Waals surface area contributed by atoms with Crippen LogP contribution in [-0.4, -0.2) is 29.3 Å². The van der Waals surface area contributed by atoms with Gasteiger partial charge in [0, 0.05) is 17.1 Å². The molecule has 8 nitrogen and oxygen atoms in total. The number of methoxy groups -OCH3 is 1. The van der Waals surface area contributed by atoms with Gasteiger partial charge in [-0.05, 0) is 42.0 Å². The molecule has 2 amide bonds. The van der Waals surface area contributed by atoms with Crippen LogP contribution in [0.25, 0.3) is 10.9 Å². The number of benzene rings is 3. The molecule has 0 bridgehead atoms. The zero-order valence-electron chi connectivity index (χ0n) is 17.6. The van der Waals surface area contributed by atoms with Crippen molar-refractivity contribution in [2.24, 2.45) is 5.10 Å². The number of hydrazone groups is 1. The summed E-state index contributed by atoms with van der Waals surface area (Å²) in [4.78, 5) is 20.8. The van der Waals surface area contributed by atoms with E-state index in [0.717, 1.165) is 0 Å². The molecule has 0 unspecified atom stereocenters. The minimum absolute atomic E-state index is 0.0368. The molecule has 0 saturated carbocycles. The van der Waals surface area contributed by atoms with Gasteiger partial charge >= 0.3 is 6.03 Å². The molecule has 0 saturated heterocycles. The summed E-state index contributed by atoms with van der Waals surface area (Å²) in [5.74, 6) is -0.136. The number of ether oxygens (including phenoxy) is 1. The van der Waals surface area contributed by atoms with E-state index in [9.17, 15) is 13.6 Å². The first-order chi connectivity index (χ1) is 16.4. The molecule has 0 aliphatic carbocycles. The van der Waals surface area contributed by atoms with Gasteiger partial charge in [-0.3, -0.25) is 0 Å². The summed E-state index contributed by atoms with van der Waals surface area (Å²) >= 11 is 5.86. The van der Waals surface area contributed by atoms with Crippen LogP contribution in [0.2, 0.25) is 5.02 Å². The van der Waals surface area contributed by atoms with Crippen molar-refractivity contribution in [3.63, 3.8) is 0 Å². The van der Waals surface area contributed by atoms with E-state index in [2.05, 4.69) is 31.1 Å². The lowest BCUT2D eigenvalue weighted by Crippen LogP contribution is -2.24. The number of rotatable bonds is 6. The molecule has 11 heteroatoms. The molecular formula is C23H17ClF2N6O2. The van der Waals surface area contributed by atoms with Crippen molar-refractivity contribution in [2.75, 3.05) is 17.7 Å². The third-order valence-electron chi connectivity index (χ3n) is 4.64. The zero-order chi connectivity index (χ0) is 24.1. The average Bonchev–Trinajstić information content (AvgIpc) is 2.82. The van der Waals surface area contributed by atoms with E-state index in [0.29, 0.717) is 39.4 Å². The smallest absolute Gasteiger partial charge is 0.339 e. The van der Waals surface area contributed by atoms with Crippen LogP contribution >= 0.6 is 11.6 Å². The predicted octanol–water partition coefficient (Wildman–Crippen LogP) is 5.47. The Labute approximate surface area is 197 Å². The van der Waals surface area contributed by atoms with E-state index in [1.165, 1.54) is 62.1 Å². The Morgan fingerprint density at radius 1 is 1.09 bits per heavy atom. The number of fused-ring (bicyclic) bond motifs is 1. The molecule has 172 valence electrons. The average molecular weight is 483 g/mol. The molecule has 0 aliphatic heterocycles. The highest BCUT2D eigenvalue weighted by Crippen LogP contribution is 2.33. The monoisotopic (exact) mass is 482 g/mol. The van der Waals surface area contributed by atoms with Crippen LogP contribution in [0.3, 0.4) is 0 Å². The Bertz CT molecular complexity index is 1380. The summed E-state index contributed by atoms with van der Waals surface area (Å²) in [6, 6.07) is 12.4. The second-order valence-corrected chi connectivity index (χ2v) is 7.33. The molecule has 1 heterocycles. The normalized spacial score (nSPS) is 10.9. The van der Waals surface area contributed by atoms with Crippen molar-refractivity contribution in [1.82, 2.24) is 15.4 Å². The zero-order valence-corrected chi connectivity index (χ0v) is 18.4. The first kappa shape index (κ1) is 22.9. The third-order valence-corrected chi connectivity index (χ3v) is 4.93. The summed E-state index contributed by atoms with van der Waals surface area (Å²) < 4.78 is 31.8. The Balaban J connectivity index is 1.56. The number of aromatic nitrogens is 2. The van der Waals surface area contributed by atoms with E-state index < -0.39 is 11.8 Å². The van der Waals surface area contributed by atoms with Crippen LogP contribution in [0.1, 0.15) is 5.56 Å². The Morgan fingerprint density at radius 2 is 1.88 bits per heavy atom. The molecule has 0 fully saturated rings. The number of halogens is 3. The summed E-state index contributed by atoms with van der Waals surface area (Å²) in [6.07, 6.45) is 2.74. The number of carbonyl (C=O) groups excluding carboxylic acids is 1. The van der Waals surface area contributed by atoms with Gasteiger partial charge in [-0.1, -0.05) is 23.7 Å². The molecule has 3 aromatic carbocycles. The number of urea groups is 1. The summed E-state index contributed by atoms with van der Waals surface area (Å²) in [5.41, 5.74) is 4.34. The highest BCUT2D eigenvalue weighted by Gasteiger charge is 2.13. The van der Waals surface area contributed by atoms with Crippen molar-refractivity contribution >= 4 is 51.9 Å². The molecule has 3 N–H and O–H groups in total. The largest absolute Gasteiger partial charge is 0.494 e. The Morgan fingerprint density at radius 3 is 2.62 bits per heavy atom. The number of hydrogen-bond acceptors (Lipinski definition) is 6. The SMILES string of the molecule is COc1cc2ncnc(Nc3ccc(F)c(Cl)c3)c2cc1NC(=O)N/N=C/c1ccc(F)cc1. The third kappa shape index (κ3) is 5.36. The van der Waals surface area contributed by atoms with E-state index >= 15 is 0 Å². The molecule has 1 aromatic heterocycles. The number of carbonyl (C=O) groups is 1. The Hall–Kier alpha value is -4.31. The van der Waals surface area contributed by atoms with Gasteiger partial charge in [-0.15, -0.1) is 0 Å². The van der Waals surface area contributed by atoms with Gasteiger partial charge in [-0.2, -0.15) is 5.10 Å². The molecule has 4 rings (SSSR count). The van der Waals surface area contributed by atoms with Crippen molar-refractivity contribution in [2.45, 2.75) is 0 Å². The number of amides is 2. The molecular weight excluding hydrogens is 466 g/mol. The van der Waals surface area contributed by atoms with Crippen molar-refractivity contribution in [3.05, 3.63) is 83.1 Å². The molecule has 0 aliphatic rings.